The highest BCUT2D eigenvalue weighted by Crippen LogP contribution is 2.27. The number of rotatable bonds is 4. The molecule has 166 valence electrons. The minimum absolute atomic E-state index is 0.00125. The molecule has 1 fully saturated rings. The molecule has 9 nitrogen and oxygen atoms in total. The van der Waals surface area contributed by atoms with Crippen LogP contribution >= 0.6 is 0 Å². The molecule has 1 saturated heterocycles. The average Bonchev–Trinajstić information content (AvgIpc) is 3.34. The molecule has 4 rings (SSSR count). The topological polar surface area (TPSA) is 104 Å². The molecule has 0 aliphatic carbocycles. The standard InChI is InChI=1S/C22H30N6O3/c1-13-9-14(2)28(25-13)15(3)10-20(30)27-7-5-17(11-27)21-23-19-12-26(16(4)29)8-6-18(19)22(31)24-21/h9,15,17H,5-8,10-12H2,1-4H3,(H,23,24,31)/t15-,17+/m0/s1. The Kier molecular flexibility index (Phi) is 5.68. The van der Waals surface area contributed by atoms with E-state index < -0.39 is 0 Å². The van der Waals surface area contributed by atoms with Crippen molar-refractivity contribution < 1.29 is 9.59 Å². The molecule has 1 N–H and O–H groups in total. The molecule has 2 aromatic heterocycles. The van der Waals surface area contributed by atoms with E-state index in [0.29, 0.717) is 56.1 Å². The summed E-state index contributed by atoms with van der Waals surface area (Å²) >= 11 is 0. The van der Waals surface area contributed by atoms with Crippen LogP contribution in [0.1, 0.15) is 67.1 Å². The highest BCUT2D eigenvalue weighted by Gasteiger charge is 2.31. The van der Waals surface area contributed by atoms with E-state index in [4.69, 9.17) is 4.98 Å². The van der Waals surface area contributed by atoms with Crippen LogP contribution in [0.3, 0.4) is 0 Å². The second kappa shape index (κ2) is 8.28. The Labute approximate surface area is 181 Å². The van der Waals surface area contributed by atoms with Crippen LogP contribution in [0.25, 0.3) is 0 Å². The summed E-state index contributed by atoms with van der Waals surface area (Å²) in [5.41, 5.74) is 3.23. The molecule has 0 spiro atoms. The summed E-state index contributed by atoms with van der Waals surface area (Å²) in [6.07, 6.45) is 1.67. The highest BCUT2D eigenvalue weighted by atomic mass is 16.2. The predicted octanol–water partition coefficient (Wildman–Crippen LogP) is 1.46. The summed E-state index contributed by atoms with van der Waals surface area (Å²) in [5, 5.41) is 4.49. The van der Waals surface area contributed by atoms with E-state index in [9.17, 15) is 14.4 Å². The van der Waals surface area contributed by atoms with E-state index >= 15 is 0 Å². The van der Waals surface area contributed by atoms with Gasteiger partial charge in [-0.3, -0.25) is 19.1 Å². The number of aromatic amines is 1. The lowest BCUT2D eigenvalue weighted by Crippen LogP contribution is -2.38. The van der Waals surface area contributed by atoms with Gasteiger partial charge in [-0.15, -0.1) is 0 Å². The molecule has 0 bridgehead atoms. The fraction of sp³-hybridized carbons (Fsp3) is 0.591. The van der Waals surface area contributed by atoms with E-state index in [1.165, 1.54) is 6.92 Å². The lowest BCUT2D eigenvalue weighted by atomic mass is 10.0. The van der Waals surface area contributed by atoms with Gasteiger partial charge in [-0.25, -0.2) is 4.98 Å². The summed E-state index contributed by atoms with van der Waals surface area (Å²) in [7, 11) is 0. The minimum atomic E-state index is -0.119. The number of nitrogens with one attached hydrogen (secondary N) is 1. The van der Waals surface area contributed by atoms with E-state index in [0.717, 1.165) is 17.8 Å². The first kappa shape index (κ1) is 21.3. The molecule has 0 aromatic carbocycles. The number of likely N-dealkylation sites (tertiary alicyclic amines) is 1. The molecule has 0 radical (unpaired) electrons. The Morgan fingerprint density at radius 2 is 2.03 bits per heavy atom. The normalized spacial score (nSPS) is 19.4. The Morgan fingerprint density at radius 3 is 2.71 bits per heavy atom. The fourth-order valence-corrected chi connectivity index (χ4v) is 4.69. The van der Waals surface area contributed by atoms with Gasteiger partial charge in [0.05, 0.1) is 24.0 Å². The minimum Gasteiger partial charge on any atom is -0.342 e. The molecule has 2 aromatic rings. The average molecular weight is 427 g/mol. The Morgan fingerprint density at radius 1 is 1.26 bits per heavy atom. The second-order valence-corrected chi connectivity index (χ2v) is 8.82. The number of hydrogen-bond donors (Lipinski definition) is 1. The molecule has 2 amide bonds. The molecule has 2 aliphatic rings. The van der Waals surface area contributed by atoms with Crippen LogP contribution in [0.2, 0.25) is 0 Å². The highest BCUT2D eigenvalue weighted by molar-refractivity contribution is 5.77. The molecule has 2 atom stereocenters. The van der Waals surface area contributed by atoms with E-state index in [1.807, 2.05) is 36.4 Å². The summed E-state index contributed by atoms with van der Waals surface area (Å²) in [4.78, 5) is 48.4. The van der Waals surface area contributed by atoms with Gasteiger partial charge in [-0.2, -0.15) is 5.10 Å². The Hall–Kier alpha value is -2.97. The smallest absolute Gasteiger partial charge is 0.254 e. The summed E-state index contributed by atoms with van der Waals surface area (Å²) < 4.78 is 1.91. The van der Waals surface area contributed by atoms with Crippen LogP contribution in [0.4, 0.5) is 0 Å². The van der Waals surface area contributed by atoms with Crippen molar-refractivity contribution >= 4 is 11.8 Å². The van der Waals surface area contributed by atoms with Gasteiger partial charge in [-0.05, 0) is 39.7 Å². The number of nitrogens with zero attached hydrogens (tertiary/aromatic N) is 5. The first-order valence-corrected chi connectivity index (χ1v) is 10.9. The van der Waals surface area contributed by atoms with Crippen molar-refractivity contribution in [2.24, 2.45) is 0 Å². The van der Waals surface area contributed by atoms with Gasteiger partial charge in [-0.1, -0.05) is 0 Å². The van der Waals surface area contributed by atoms with Gasteiger partial charge < -0.3 is 14.8 Å². The fourth-order valence-electron chi connectivity index (χ4n) is 4.69. The molecule has 0 unspecified atom stereocenters. The third-order valence-electron chi connectivity index (χ3n) is 6.40. The third kappa shape index (κ3) is 4.26. The Bertz CT molecular complexity index is 1070. The maximum Gasteiger partial charge on any atom is 0.254 e. The second-order valence-electron chi connectivity index (χ2n) is 8.82. The molecule has 4 heterocycles. The van der Waals surface area contributed by atoms with Crippen LogP contribution in [0.15, 0.2) is 10.9 Å². The van der Waals surface area contributed by atoms with Gasteiger partial charge in [0, 0.05) is 50.2 Å². The lowest BCUT2D eigenvalue weighted by Gasteiger charge is -2.27. The molecule has 31 heavy (non-hydrogen) atoms. The molecule has 0 saturated carbocycles. The molecule has 9 heteroatoms. The van der Waals surface area contributed by atoms with Crippen LogP contribution in [-0.4, -0.2) is 61.0 Å². The van der Waals surface area contributed by atoms with Crippen LogP contribution < -0.4 is 5.56 Å². The van der Waals surface area contributed by atoms with Gasteiger partial charge in [0.2, 0.25) is 11.8 Å². The maximum absolute atomic E-state index is 12.9. The van der Waals surface area contributed by atoms with Crippen molar-refractivity contribution in [1.82, 2.24) is 29.5 Å². The van der Waals surface area contributed by atoms with Crippen molar-refractivity contribution in [2.75, 3.05) is 19.6 Å². The number of amides is 2. The van der Waals surface area contributed by atoms with E-state index in [1.54, 1.807) is 4.90 Å². The van der Waals surface area contributed by atoms with E-state index in [2.05, 4.69) is 10.1 Å². The summed E-state index contributed by atoms with van der Waals surface area (Å²) in [5.74, 6) is 0.698. The first-order chi connectivity index (χ1) is 14.7. The van der Waals surface area contributed by atoms with Crippen LogP contribution in [0, 0.1) is 13.8 Å². The summed E-state index contributed by atoms with van der Waals surface area (Å²) in [6, 6.07) is 2.00. The first-order valence-electron chi connectivity index (χ1n) is 10.9. The monoisotopic (exact) mass is 426 g/mol. The van der Waals surface area contributed by atoms with Crippen molar-refractivity contribution in [3.63, 3.8) is 0 Å². The number of carbonyl (C=O) groups excluding carboxylic acids is 2. The zero-order valence-corrected chi connectivity index (χ0v) is 18.6. The Balaban J connectivity index is 1.44. The zero-order valence-electron chi connectivity index (χ0n) is 18.6. The zero-order chi connectivity index (χ0) is 22.3. The number of fused-ring (bicyclic) bond motifs is 1. The predicted molar refractivity (Wildman–Crippen MR) is 115 cm³/mol. The third-order valence-corrected chi connectivity index (χ3v) is 6.40. The number of aryl methyl sites for hydroxylation is 2. The number of hydrogen-bond acceptors (Lipinski definition) is 5. The molecular weight excluding hydrogens is 396 g/mol. The number of H-pyrrole nitrogens is 1. The van der Waals surface area contributed by atoms with E-state index in [-0.39, 0.29) is 29.3 Å². The van der Waals surface area contributed by atoms with Gasteiger partial charge in [0.25, 0.3) is 5.56 Å². The van der Waals surface area contributed by atoms with Crippen LogP contribution in [-0.2, 0) is 22.6 Å². The van der Waals surface area contributed by atoms with Crippen molar-refractivity contribution in [3.05, 3.63) is 44.9 Å². The van der Waals surface area contributed by atoms with Crippen molar-refractivity contribution in [1.29, 1.82) is 0 Å². The molecular formula is C22H30N6O3. The summed E-state index contributed by atoms with van der Waals surface area (Å²) in [6.45, 7) is 9.60. The number of carbonyl (C=O) groups is 2. The van der Waals surface area contributed by atoms with Gasteiger partial charge in [0.1, 0.15) is 5.82 Å². The van der Waals surface area contributed by atoms with Crippen molar-refractivity contribution in [2.45, 2.75) is 65.5 Å². The maximum atomic E-state index is 12.9. The van der Waals surface area contributed by atoms with Gasteiger partial charge in [0.15, 0.2) is 0 Å². The van der Waals surface area contributed by atoms with Gasteiger partial charge >= 0.3 is 0 Å². The SMILES string of the molecule is CC(=O)N1CCc2c(nc([C@@H]3CCN(C(=O)C[C@H](C)n4nc(C)cc4C)C3)[nH]c2=O)C1. The largest absolute Gasteiger partial charge is 0.342 e. The molecule has 2 aliphatic heterocycles. The number of aromatic nitrogens is 4. The van der Waals surface area contributed by atoms with Crippen molar-refractivity contribution in [3.8, 4) is 0 Å². The lowest BCUT2D eigenvalue weighted by molar-refractivity contribution is -0.131. The van der Waals surface area contributed by atoms with Crippen LogP contribution in [0.5, 0.6) is 0 Å². The quantitative estimate of drug-likeness (QED) is 0.797.